The van der Waals surface area contributed by atoms with Crippen LogP contribution in [0.15, 0.2) is 91.0 Å². The van der Waals surface area contributed by atoms with E-state index < -0.39 is 7.41 Å². The molecule has 3 aromatic carbocycles. The van der Waals surface area contributed by atoms with E-state index in [0.29, 0.717) is 0 Å². The van der Waals surface area contributed by atoms with Crippen molar-refractivity contribution in [3.8, 4) is 0 Å². The average Bonchev–Trinajstić information content (AvgIpc) is 2.70. The lowest BCUT2D eigenvalue weighted by Gasteiger charge is -2.36. The molecule has 0 saturated heterocycles. The molecule has 0 aromatic heterocycles. The quantitative estimate of drug-likeness (QED) is 0.411. The van der Waals surface area contributed by atoms with Crippen molar-refractivity contribution in [3.05, 3.63) is 96.6 Å². The first kappa shape index (κ1) is 27.1. The summed E-state index contributed by atoms with van der Waals surface area (Å²) in [4.78, 5) is 0. The van der Waals surface area contributed by atoms with E-state index in [2.05, 4.69) is 110 Å². The lowest BCUT2D eigenvalue weighted by Crippen LogP contribution is -3.00. The zero-order valence-electron chi connectivity index (χ0n) is 16.9. The molecule has 0 saturated carbocycles. The van der Waals surface area contributed by atoms with Crippen LogP contribution >= 0.6 is 17.3 Å². The Balaban J connectivity index is 0.00000243. The van der Waals surface area contributed by atoms with Gasteiger partial charge in [0.25, 0.3) is 0 Å². The highest BCUT2D eigenvalue weighted by molar-refractivity contribution is 7.86. The molecule has 1 nitrogen and oxygen atoms in total. The van der Waals surface area contributed by atoms with E-state index in [1.165, 1.54) is 16.2 Å². The summed E-state index contributed by atoms with van der Waals surface area (Å²) < 4.78 is 2.70. The summed E-state index contributed by atoms with van der Waals surface area (Å²) in [6.07, 6.45) is 1.07. The molecule has 5 heteroatoms. The van der Waals surface area contributed by atoms with Gasteiger partial charge in [-0.3, -0.25) is 0 Å². The highest BCUT2D eigenvalue weighted by Gasteiger charge is 2.47. The van der Waals surface area contributed by atoms with Gasteiger partial charge in [-0.1, -0.05) is 66.7 Å². The fourth-order valence-electron chi connectivity index (χ4n) is 3.66. The number of rotatable bonds is 7. The highest BCUT2D eigenvalue weighted by Crippen LogP contribution is 2.62. The molecule has 1 atom stereocenters. The number of benzene rings is 3. The molecule has 0 radical (unpaired) electrons. The Morgan fingerprint density at radius 1 is 0.607 bits per heavy atom. The van der Waals surface area contributed by atoms with Crippen LogP contribution in [0.1, 0.15) is 19.4 Å². The monoisotopic (exact) mass is 453 g/mol. The highest BCUT2D eigenvalue weighted by atomic mass is 35.5. The van der Waals surface area contributed by atoms with E-state index in [4.69, 9.17) is 0 Å². The van der Waals surface area contributed by atoms with Gasteiger partial charge in [0, 0.05) is 13.1 Å². The Morgan fingerprint density at radius 2 is 0.964 bits per heavy atom. The Labute approximate surface area is 186 Å². The van der Waals surface area contributed by atoms with Crippen molar-refractivity contribution in [3.63, 3.8) is 0 Å². The van der Waals surface area contributed by atoms with E-state index in [-0.39, 0.29) is 34.7 Å². The predicted octanol–water partition coefficient (Wildman–Crippen LogP) is -1.09. The largest absolute Gasteiger partial charge is 1.00 e. The summed E-state index contributed by atoms with van der Waals surface area (Å²) in [5.74, 6) is 0. The fraction of sp³-hybridized carbons (Fsp3) is 0.217. The minimum Gasteiger partial charge on any atom is -1.00 e. The maximum absolute atomic E-state index is 2.70. The predicted molar refractivity (Wildman–Crippen MR) is 125 cm³/mol. The zero-order valence-corrected chi connectivity index (χ0v) is 21.3. The molecule has 0 heterocycles. The van der Waals surface area contributed by atoms with Crippen molar-refractivity contribution in [2.24, 2.45) is 0 Å². The van der Waals surface area contributed by atoms with Gasteiger partial charge in [-0.05, 0) is 53.6 Å². The second-order valence-corrected chi connectivity index (χ2v) is 9.68. The molecule has 0 aliphatic carbocycles. The van der Waals surface area contributed by atoms with Crippen molar-refractivity contribution >= 4 is 27.9 Å². The van der Waals surface area contributed by atoms with Crippen LogP contribution in [-0.4, -0.2) is 17.8 Å². The number of hydrogen-bond donors (Lipinski definition) is 0. The van der Waals surface area contributed by atoms with Crippen LogP contribution in [0.3, 0.4) is 0 Å². The van der Waals surface area contributed by atoms with Crippen LogP contribution in [0.25, 0.3) is 0 Å². The lowest BCUT2D eigenvalue weighted by molar-refractivity contribution is -0.00100. The van der Waals surface area contributed by atoms with Crippen molar-refractivity contribution in [2.45, 2.75) is 20.0 Å². The molecule has 3 aromatic rings. The Hall–Kier alpha value is -0.940. The second kappa shape index (κ2) is 13.3. The Kier molecular flexibility index (Phi) is 12.9. The van der Waals surface area contributed by atoms with Crippen LogP contribution in [0.4, 0.5) is 0 Å². The number of hydrogen-bond acceptors (Lipinski definition) is 1. The topological polar surface area (TPSA) is 3.24 Å². The third-order valence-electron chi connectivity index (χ3n) is 4.83. The van der Waals surface area contributed by atoms with Crippen LogP contribution in [0, 0.1) is 0 Å². The molecular formula is C23H31Cl2NP2. The summed E-state index contributed by atoms with van der Waals surface area (Å²) in [7, 11) is -1.70. The Morgan fingerprint density at radius 3 is 1.32 bits per heavy atom. The minimum absolute atomic E-state index is 0. The molecule has 0 bridgehead atoms. The molecule has 3 rings (SSSR count). The molecule has 28 heavy (non-hydrogen) atoms. The molecule has 0 amide bonds. The zero-order chi connectivity index (χ0) is 17.5. The summed E-state index contributed by atoms with van der Waals surface area (Å²) in [5, 5.41) is 2.93. The summed E-state index contributed by atoms with van der Waals surface area (Å²) in [6.45, 7) is 6.69. The first-order valence-corrected chi connectivity index (χ1v) is 11.0. The smallest absolute Gasteiger partial charge is 0.153 e. The molecule has 0 aliphatic rings. The van der Waals surface area contributed by atoms with Crippen LogP contribution in [-0.2, 0) is 6.16 Å². The van der Waals surface area contributed by atoms with Crippen LogP contribution in [0.2, 0.25) is 0 Å². The van der Waals surface area contributed by atoms with Gasteiger partial charge < -0.3 is 24.8 Å². The van der Waals surface area contributed by atoms with Gasteiger partial charge in [0.2, 0.25) is 0 Å². The van der Waals surface area contributed by atoms with E-state index >= 15 is 0 Å². The third kappa shape index (κ3) is 5.79. The van der Waals surface area contributed by atoms with Crippen molar-refractivity contribution in [2.75, 3.05) is 13.1 Å². The van der Waals surface area contributed by atoms with E-state index in [1.807, 2.05) is 0 Å². The molecule has 1 unspecified atom stereocenters. The maximum Gasteiger partial charge on any atom is 0.153 e. The van der Waals surface area contributed by atoms with Gasteiger partial charge >= 0.3 is 0 Å². The normalized spacial score (nSPS) is 10.4. The summed E-state index contributed by atoms with van der Waals surface area (Å²) >= 11 is 0. The van der Waals surface area contributed by atoms with Gasteiger partial charge in [0.1, 0.15) is 16.8 Å². The maximum atomic E-state index is 2.70. The van der Waals surface area contributed by atoms with Crippen LogP contribution in [0.5, 0.6) is 0 Å². The lowest BCUT2D eigenvalue weighted by atomic mass is 10.2. The second-order valence-electron chi connectivity index (χ2n) is 6.22. The number of nitrogens with zero attached hydrogens (tertiary/aromatic N) is 1. The van der Waals surface area contributed by atoms with E-state index in [1.54, 1.807) is 0 Å². The van der Waals surface area contributed by atoms with Gasteiger partial charge in [-0.25, -0.2) is 0 Å². The molecule has 152 valence electrons. The fourth-order valence-corrected chi connectivity index (χ4v) is 8.21. The minimum atomic E-state index is -1.70. The Bertz CT molecular complexity index is 727. The first-order chi connectivity index (χ1) is 12.3. The van der Waals surface area contributed by atoms with Gasteiger partial charge in [-0.2, -0.15) is 4.67 Å². The van der Waals surface area contributed by atoms with Crippen molar-refractivity contribution < 1.29 is 24.8 Å². The molecule has 0 spiro atoms. The summed E-state index contributed by atoms with van der Waals surface area (Å²) in [5.41, 5.74) is 1.41. The van der Waals surface area contributed by atoms with E-state index in [9.17, 15) is 0 Å². The first-order valence-electron chi connectivity index (χ1n) is 9.10. The third-order valence-corrected chi connectivity index (χ3v) is 9.49. The molecule has 0 fully saturated rings. The number of halogens is 2. The molecular weight excluding hydrogens is 423 g/mol. The van der Waals surface area contributed by atoms with Gasteiger partial charge in [-0.15, -0.1) is 0 Å². The SMILES string of the molecule is CCN(CC)[P+](Cc1ccccc1)(c1ccccc1)c1ccccc1.[Cl-].[Cl-].[PH4+]. The van der Waals surface area contributed by atoms with Crippen LogP contribution < -0.4 is 35.4 Å². The van der Waals surface area contributed by atoms with Gasteiger partial charge in [0.05, 0.1) is 0 Å². The summed E-state index contributed by atoms with van der Waals surface area (Å²) in [6, 6.07) is 33.2. The van der Waals surface area contributed by atoms with Crippen molar-refractivity contribution in [1.29, 1.82) is 0 Å². The molecule has 0 N–H and O–H groups in total. The van der Waals surface area contributed by atoms with Gasteiger partial charge in [0.15, 0.2) is 7.41 Å². The molecule has 0 aliphatic heterocycles. The standard InChI is InChI=1S/C23H27NP.2ClH.H3P/c1-3-24(4-2)25(22-16-10-6-11-17-22,23-18-12-7-13-19-23)20-21-14-8-5-9-15-21;;;/h5-19H,3-4,20H2,1-2H3;2*1H;1H3/q+1;;;/p-1. The van der Waals surface area contributed by atoms with Crippen molar-refractivity contribution in [1.82, 2.24) is 4.67 Å². The van der Waals surface area contributed by atoms with E-state index in [0.717, 1.165) is 19.3 Å². The average molecular weight is 454 g/mol.